The number of rotatable bonds is 14. The van der Waals surface area contributed by atoms with E-state index in [4.69, 9.17) is 14.6 Å². The quantitative estimate of drug-likeness (QED) is 0.177. The molecule has 0 aromatic heterocycles. The summed E-state index contributed by atoms with van der Waals surface area (Å²) < 4.78 is 33.7. The molecule has 0 aliphatic carbocycles. The Kier molecular flexibility index (Phi) is 11.5. The molecule has 35 heavy (non-hydrogen) atoms. The smallest absolute Gasteiger partial charge is 0.330 e. The lowest BCUT2D eigenvalue weighted by Crippen LogP contribution is -2.22. The van der Waals surface area contributed by atoms with Crippen LogP contribution in [-0.2, 0) is 26.0 Å². The minimum atomic E-state index is -3.70. The summed E-state index contributed by atoms with van der Waals surface area (Å²) in [6.07, 6.45) is 13.8. The minimum Gasteiger partial charge on any atom is -0.457 e. The predicted octanol–water partition coefficient (Wildman–Crippen LogP) is 6.69. The van der Waals surface area contributed by atoms with Crippen LogP contribution >= 0.6 is 0 Å². The fourth-order valence-corrected chi connectivity index (χ4v) is 4.06. The summed E-state index contributed by atoms with van der Waals surface area (Å²) in [5.74, 6) is 0.999. The number of ether oxygens (including phenoxy) is 2. The highest BCUT2D eigenvalue weighted by atomic mass is 32.2. The molecule has 0 amide bonds. The molecular formula is C28H39NO5S. The van der Waals surface area contributed by atoms with Crippen molar-refractivity contribution in [2.45, 2.75) is 89.1 Å². The van der Waals surface area contributed by atoms with Crippen molar-refractivity contribution in [2.75, 3.05) is 0 Å². The SMILES string of the molecule is CC(C)(C)OC(=O)C=CCCCCCCCCCc1ccc(Oc2ccc(S(N)(=O)=O)cc2)cc1. The van der Waals surface area contributed by atoms with Gasteiger partial charge in [-0.1, -0.05) is 50.3 Å². The van der Waals surface area contributed by atoms with Gasteiger partial charge in [0.25, 0.3) is 0 Å². The topological polar surface area (TPSA) is 95.7 Å². The molecule has 0 spiro atoms. The fraction of sp³-hybridized carbons (Fsp3) is 0.464. The van der Waals surface area contributed by atoms with Gasteiger partial charge in [-0.2, -0.15) is 0 Å². The molecule has 0 atom stereocenters. The molecule has 2 aromatic rings. The monoisotopic (exact) mass is 501 g/mol. The second kappa shape index (κ2) is 14.0. The Morgan fingerprint density at radius 1 is 0.829 bits per heavy atom. The van der Waals surface area contributed by atoms with Crippen LogP contribution in [0.5, 0.6) is 11.5 Å². The minimum absolute atomic E-state index is 0.0626. The van der Waals surface area contributed by atoms with Crippen molar-refractivity contribution in [3.05, 3.63) is 66.2 Å². The van der Waals surface area contributed by atoms with Crippen LogP contribution in [0.3, 0.4) is 0 Å². The third-order valence-electron chi connectivity index (χ3n) is 5.31. The van der Waals surface area contributed by atoms with Gasteiger partial charge < -0.3 is 9.47 Å². The molecule has 2 aromatic carbocycles. The molecule has 2 N–H and O–H groups in total. The number of unbranched alkanes of at least 4 members (excludes halogenated alkanes) is 7. The van der Waals surface area contributed by atoms with E-state index in [1.54, 1.807) is 12.1 Å². The molecule has 192 valence electrons. The zero-order valence-corrected chi connectivity index (χ0v) is 22.0. The van der Waals surface area contributed by atoms with Crippen LogP contribution in [0.1, 0.15) is 77.7 Å². The van der Waals surface area contributed by atoms with E-state index >= 15 is 0 Å². The second-order valence-electron chi connectivity index (χ2n) is 9.71. The molecule has 0 fully saturated rings. The van der Waals surface area contributed by atoms with Crippen LogP contribution in [0, 0.1) is 0 Å². The van der Waals surface area contributed by atoms with Crippen LogP contribution in [0.2, 0.25) is 0 Å². The Bertz CT molecular complexity index is 1040. The lowest BCUT2D eigenvalue weighted by Gasteiger charge is -2.17. The predicted molar refractivity (Wildman–Crippen MR) is 140 cm³/mol. The van der Waals surface area contributed by atoms with Gasteiger partial charge in [0.05, 0.1) is 4.90 Å². The number of carbonyl (C=O) groups is 1. The Balaban J connectivity index is 1.54. The van der Waals surface area contributed by atoms with Crippen molar-refractivity contribution in [2.24, 2.45) is 5.14 Å². The van der Waals surface area contributed by atoms with Crippen molar-refractivity contribution in [3.8, 4) is 11.5 Å². The fourth-order valence-electron chi connectivity index (χ4n) is 3.55. The molecule has 0 bridgehead atoms. The Labute approximate surface area is 210 Å². The average Bonchev–Trinajstić information content (AvgIpc) is 2.77. The van der Waals surface area contributed by atoms with E-state index in [-0.39, 0.29) is 10.9 Å². The van der Waals surface area contributed by atoms with Crippen LogP contribution in [0.15, 0.2) is 65.6 Å². The number of allylic oxidation sites excluding steroid dienone is 1. The molecule has 6 nitrogen and oxygen atoms in total. The van der Waals surface area contributed by atoms with Gasteiger partial charge in [-0.05, 0) is 88.4 Å². The first-order valence-corrected chi connectivity index (χ1v) is 13.9. The first-order valence-electron chi connectivity index (χ1n) is 12.3. The molecular weight excluding hydrogens is 462 g/mol. The molecule has 0 radical (unpaired) electrons. The zero-order valence-electron chi connectivity index (χ0n) is 21.2. The van der Waals surface area contributed by atoms with Gasteiger partial charge in [0.2, 0.25) is 10.0 Å². The average molecular weight is 502 g/mol. The highest BCUT2D eigenvalue weighted by molar-refractivity contribution is 7.89. The van der Waals surface area contributed by atoms with E-state index in [2.05, 4.69) is 12.1 Å². The van der Waals surface area contributed by atoms with Gasteiger partial charge in [0, 0.05) is 6.08 Å². The number of esters is 1. The van der Waals surface area contributed by atoms with Gasteiger partial charge in [-0.15, -0.1) is 0 Å². The lowest BCUT2D eigenvalue weighted by atomic mass is 10.0. The van der Waals surface area contributed by atoms with Crippen molar-refractivity contribution in [1.29, 1.82) is 0 Å². The van der Waals surface area contributed by atoms with E-state index in [9.17, 15) is 13.2 Å². The first-order chi connectivity index (χ1) is 16.5. The highest BCUT2D eigenvalue weighted by Gasteiger charge is 2.13. The van der Waals surface area contributed by atoms with Crippen molar-refractivity contribution < 1.29 is 22.7 Å². The third kappa shape index (κ3) is 12.6. The number of hydrogen-bond acceptors (Lipinski definition) is 5. The van der Waals surface area contributed by atoms with Crippen molar-refractivity contribution >= 4 is 16.0 Å². The lowest BCUT2D eigenvalue weighted by molar-refractivity contribution is -0.148. The molecule has 0 heterocycles. The van der Waals surface area contributed by atoms with Crippen LogP contribution < -0.4 is 9.88 Å². The van der Waals surface area contributed by atoms with Gasteiger partial charge in [-0.25, -0.2) is 18.4 Å². The number of carbonyl (C=O) groups excluding carboxylic acids is 1. The number of nitrogens with two attached hydrogens (primary N) is 1. The third-order valence-corrected chi connectivity index (χ3v) is 6.24. The molecule has 0 saturated carbocycles. The van der Waals surface area contributed by atoms with E-state index in [0.717, 1.165) is 25.7 Å². The van der Waals surface area contributed by atoms with Crippen LogP contribution in [-0.4, -0.2) is 20.0 Å². The van der Waals surface area contributed by atoms with Gasteiger partial charge in [-0.3, -0.25) is 0 Å². The number of hydrogen-bond donors (Lipinski definition) is 1. The maximum absolute atomic E-state index is 11.6. The van der Waals surface area contributed by atoms with Crippen molar-refractivity contribution in [3.63, 3.8) is 0 Å². The Morgan fingerprint density at radius 3 is 1.89 bits per heavy atom. The molecule has 0 aliphatic heterocycles. The van der Waals surface area contributed by atoms with Gasteiger partial charge >= 0.3 is 5.97 Å². The summed E-state index contributed by atoms with van der Waals surface area (Å²) in [6, 6.07) is 14.0. The first kappa shape index (κ1) is 28.6. The number of sulfonamides is 1. The molecule has 0 unspecified atom stereocenters. The summed E-state index contributed by atoms with van der Waals surface area (Å²) in [4.78, 5) is 11.7. The maximum Gasteiger partial charge on any atom is 0.330 e. The summed E-state index contributed by atoms with van der Waals surface area (Å²) in [5.41, 5.74) is 0.840. The molecule has 0 saturated heterocycles. The Morgan fingerprint density at radius 2 is 1.34 bits per heavy atom. The number of aryl methyl sites for hydroxylation is 1. The number of primary sulfonamides is 1. The van der Waals surface area contributed by atoms with Crippen molar-refractivity contribution in [1.82, 2.24) is 0 Å². The van der Waals surface area contributed by atoms with E-state index in [1.807, 2.05) is 39.0 Å². The largest absolute Gasteiger partial charge is 0.457 e. The summed E-state index contributed by atoms with van der Waals surface area (Å²) in [5, 5.41) is 5.11. The standard InChI is InChI=1S/C28H39NO5S/c1-28(2,3)34-27(30)14-12-10-8-6-4-5-7-9-11-13-23-15-17-24(18-16-23)33-25-19-21-26(22-20-25)35(29,31)32/h12,14-22H,4-11,13H2,1-3H3,(H2,29,31,32). The van der Waals surface area contributed by atoms with Crippen LogP contribution in [0.4, 0.5) is 0 Å². The second-order valence-corrected chi connectivity index (χ2v) is 11.3. The summed E-state index contributed by atoms with van der Waals surface area (Å²) in [6.45, 7) is 5.61. The number of benzene rings is 2. The maximum atomic E-state index is 11.6. The van der Waals surface area contributed by atoms with Crippen LogP contribution in [0.25, 0.3) is 0 Å². The molecule has 7 heteroatoms. The normalized spacial score (nSPS) is 12.1. The van der Waals surface area contributed by atoms with E-state index in [0.29, 0.717) is 11.5 Å². The van der Waals surface area contributed by atoms with Gasteiger partial charge in [0.1, 0.15) is 17.1 Å². The van der Waals surface area contributed by atoms with E-state index < -0.39 is 15.6 Å². The van der Waals surface area contributed by atoms with Gasteiger partial charge in [0.15, 0.2) is 0 Å². The molecule has 0 aliphatic rings. The summed E-state index contributed by atoms with van der Waals surface area (Å²) >= 11 is 0. The summed E-state index contributed by atoms with van der Waals surface area (Å²) in [7, 11) is -3.70. The highest BCUT2D eigenvalue weighted by Crippen LogP contribution is 2.23. The Hall–Kier alpha value is -2.64. The molecule has 2 rings (SSSR count). The van der Waals surface area contributed by atoms with E-state index in [1.165, 1.54) is 55.9 Å². The zero-order chi connectivity index (χ0) is 25.7.